The molecule has 0 aromatic heterocycles. The maximum Gasteiger partial charge on any atom is 0.320 e. The molecule has 0 radical (unpaired) electrons. The fraction of sp³-hybridized carbons (Fsp3) is 0.838. The first-order chi connectivity index (χ1) is 27.7. The van der Waals surface area contributed by atoms with Gasteiger partial charge in [0.15, 0.2) is 5.78 Å². The van der Waals surface area contributed by atoms with E-state index in [9.17, 15) is 54.7 Å². The Morgan fingerprint density at radius 2 is 0.918 bits per heavy atom. The summed E-state index contributed by atoms with van der Waals surface area (Å²) < 4.78 is 83.1. The fourth-order valence-corrected chi connectivity index (χ4v) is 7.42. The number of amides is 2. The molecule has 2 atom stereocenters. The van der Waals surface area contributed by atoms with Crippen molar-refractivity contribution in [2.24, 2.45) is 11.7 Å². The first kappa shape index (κ1) is 55.7. The fourth-order valence-electron chi connectivity index (χ4n) is 5.96. The second kappa shape index (κ2) is 24.5. The van der Waals surface area contributed by atoms with Crippen LogP contribution in [0.15, 0.2) is 0 Å². The number of Topliss-reactive ketones (excluding diaryl/α,β-unsaturated/α-hetero) is 1. The van der Waals surface area contributed by atoms with E-state index in [1.165, 1.54) is 0 Å². The van der Waals surface area contributed by atoms with Crippen molar-refractivity contribution in [1.82, 2.24) is 30.2 Å². The minimum absolute atomic E-state index is 0.0414. The van der Waals surface area contributed by atoms with Gasteiger partial charge in [0, 0.05) is 71.9 Å². The molecule has 0 aromatic carbocycles. The molecule has 1 aliphatic heterocycles. The molecule has 1 fully saturated rings. The first-order valence-electron chi connectivity index (χ1n) is 20.0. The van der Waals surface area contributed by atoms with Crippen LogP contribution in [0, 0.1) is 5.92 Å². The van der Waals surface area contributed by atoms with Gasteiger partial charge >= 0.3 is 17.9 Å². The number of ketones is 1. The molecule has 0 aromatic rings. The lowest BCUT2D eigenvalue weighted by Crippen LogP contribution is -2.52. The van der Waals surface area contributed by atoms with Gasteiger partial charge < -0.3 is 30.6 Å². The number of nitrogens with one attached hydrogen (secondary N) is 2. The average molecular weight is 916 g/mol. The second-order valence-electron chi connectivity index (χ2n) is 17.9. The standard InChI is InChI=1S/C37H69N7O15S2/c1-35(2,3)57-31(47)22-42-14-12-41(13-15-43(23-32(48)58-36(4,5)6)17-19-44(18-16-42)24-33(49)59-37(7,8)9)21-30(46)40-28(26-61(54,55)56)29(45)20-27(25-60(51,52)53)34(50)39-11-10-38/h27-28H,10-26,38H2,1-9H3,(H,39,50)(H,40,46)(H,51,52,53)(H,54,55,56)/t27-,28-/m0/s1. The minimum atomic E-state index is -4.93. The maximum atomic E-state index is 13.6. The molecule has 354 valence electrons. The van der Waals surface area contributed by atoms with Gasteiger partial charge in [-0.3, -0.25) is 57.5 Å². The van der Waals surface area contributed by atoms with Crippen molar-refractivity contribution in [3.8, 4) is 0 Å². The maximum absolute atomic E-state index is 13.6. The number of hydrogen-bond donors (Lipinski definition) is 5. The topological polar surface area (TPSA) is 302 Å². The van der Waals surface area contributed by atoms with Gasteiger partial charge in [-0.15, -0.1) is 0 Å². The highest BCUT2D eigenvalue weighted by molar-refractivity contribution is 7.86. The highest BCUT2D eigenvalue weighted by Crippen LogP contribution is 2.13. The molecular formula is C37H69N7O15S2. The van der Waals surface area contributed by atoms with E-state index >= 15 is 0 Å². The summed E-state index contributed by atoms with van der Waals surface area (Å²) in [5, 5.41) is 4.58. The number of ether oxygens (including phenoxy) is 3. The Labute approximate surface area is 360 Å². The number of carbonyl (C=O) groups excluding carboxylic acids is 6. The van der Waals surface area contributed by atoms with E-state index in [-0.39, 0.29) is 85.1 Å². The lowest BCUT2D eigenvalue weighted by atomic mass is 9.99. The van der Waals surface area contributed by atoms with Gasteiger partial charge in [-0.2, -0.15) is 16.8 Å². The normalized spacial score (nSPS) is 17.5. The number of nitrogens with two attached hydrogens (primary N) is 1. The van der Waals surface area contributed by atoms with Crippen LogP contribution in [0.3, 0.4) is 0 Å². The van der Waals surface area contributed by atoms with E-state index < -0.39 is 109 Å². The molecule has 1 heterocycles. The molecule has 61 heavy (non-hydrogen) atoms. The summed E-state index contributed by atoms with van der Waals surface area (Å²) in [4.78, 5) is 85.7. The van der Waals surface area contributed by atoms with Gasteiger partial charge in [-0.25, -0.2) is 0 Å². The van der Waals surface area contributed by atoms with Gasteiger partial charge in [0.25, 0.3) is 20.2 Å². The summed E-state index contributed by atoms with van der Waals surface area (Å²) >= 11 is 0. The number of esters is 3. The molecule has 24 heteroatoms. The molecule has 0 unspecified atom stereocenters. The van der Waals surface area contributed by atoms with Crippen LogP contribution in [-0.2, 0) is 63.2 Å². The summed E-state index contributed by atoms with van der Waals surface area (Å²) in [5.41, 5.74) is 3.07. The predicted molar refractivity (Wildman–Crippen MR) is 223 cm³/mol. The number of hydrogen-bond acceptors (Lipinski definition) is 18. The summed E-state index contributed by atoms with van der Waals surface area (Å²) in [7, 11) is -9.74. The Balaban J connectivity index is 3.50. The Kier molecular flexibility index (Phi) is 22.3. The largest absolute Gasteiger partial charge is 0.459 e. The molecule has 1 saturated heterocycles. The molecule has 0 bridgehead atoms. The molecule has 0 aliphatic carbocycles. The van der Waals surface area contributed by atoms with E-state index in [2.05, 4.69) is 10.6 Å². The van der Waals surface area contributed by atoms with Crippen LogP contribution in [0.4, 0.5) is 0 Å². The number of nitrogens with zero attached hydrogens (tertiary/aromatic N) is 4. The smallest absolute Gasteiger partial charge is 0.320 e. The third-order valence-corrected chi connectivity index (χ3v) is 9.97. The summed E-state index contributed by atoms with van der Waals surface area (Å²) in [6.07, 6.45) is -0.940. The number of rotatable bonds is 19. The highest BCUT2D eigenvalue weighted by Gasteiger charge is 2.33. The van der Waals surface area contributed by atoms with Gasteiger partial charge in [-0.1, -0.05) is 0 Å². The quantitative estimate of drug-likeness (QED) is 0.0539. The van der Waals surface area contributed by atoms with Crippen LogP contribution < -0.4 is 16.4 Å². The van der Waals surface area contributed by atoms with Crippen molar-refractivity contribution in [3.63, 3.8) is 0 Å². The van der Waals surface area contributed by atoms with E-state index in [1.54, 1.807) is 77.0 Å². The molecule has 0 saturated carbocycles. The van der Waals surface area contributed by atoms with Crippen molar-refractivity contribution in [2.75, 3.05) is 103 Å². The Hall–Kier alpha value is -3.36. The van der Waals surface area contributed by atoms with E-state index in [0.29, 0.717) is 0 Å². The van der Waals surface area contributed by atoms with Crippen LogP contribution in [-0.4, -0.2) is 207 Å². The van der Waals surface area contributed by atoms with Crippen molar-refractivity contribution >= 4 is 55.7 Å². The molecule has 0 spiro atoms. The van der Waals surface area contributed by atoms with Crippen molar-refractivity contribution < 1.29 is 68.9 Å². The average Bonchev–Trinajstić information content (AvgIpc) is 3.03. The highest BCUT2D eigenvalue weighted by atomic mass is 32.2. The van der Waals surface area contributed by atoms with Gasteiger partial charge in [-0.05, 0) is 62.3 Å². The van der Waals surface area contributed by atoms with Gasteiger partial charge in [0.1, 0.15) is 28.6 Å². The van der Waals surface area contributed by atoms with Crippen LogP contribution in [0.5, 0.6) is 0 Å². The molecule has 1 rings (SSSR count). The van der Waals surface area contributed by atoms with Crippen molar-refractivity contribution in [1.29, 1.82) is 0 Å². The van der Waals surface area contributed by atoms with E-state index in [4.69, 9.17) is 19.9 Å². The summed E-state index contributed by atoms with van der Waals surface area (Å²) in [5.74, 6) is -8.73. The van der Waals surface area contributed by atoms with Gasteiger partial charge in [0.2, 0.25) is 11.8 Å². The monoisotopic (exact) mass is 915 g/mol. The Morgan fingerprint density at radius 1 is 0.590 bits per heavy atom. The lowest BCUT2D eigenvalue weighted by Gasteiger charge is -2.34. The summed E-state index contributed by atoms with van der Waals surface area (Å²) in [6.45, 7) is 16.2. The van der Waals surface area contributed by atoms with Crippen molar-refractivity contribution in [3.05, 3.63) is 0 Å². The molecule has 1 aliphatic rings. The van der Waals surface area contributed by atoms with Crippen LogP contribution in [0.1, 0.15) is 68.7 Å². The third kappa shape index (κ3) is 28.1. The minimum Gasteiger partial charge on any atom is -0.459 e. The Morgan fingerprint density at radius 3 is 1.21 bits per heavy atom. The zero-order chi connectivity index (χ0) is 47.0. The Bertz CT molecular complexity index is 1660. The lowest BCUT2D eigenvalue weighted by molar-refractivity contribution is -0.158. The molecule has 6 N–H and O–H groups in total. The molecular weight excluding hydrogens is 847 g/mol. The molecule has 22 nitrogen and oxygen atoms in total. The third-order valence-electron chi connectivity index (χ3n) is 8.39. The molecule has 2 amide bonds. The van der Waals surface area contributed by atoms with E-state index in [0.717, 1.165) is 0 Å². The number of carbonyl (C=O) groups is 6. The summed E-state index contributed by atoms with van der Waals surface area (Å²) in [6, 6.07) is -1.94. The first-order valence-corrected chi connectivity index (χ1v) is 23.2. The van der Waals surface area contributed by atoms with Gasteiger partial charge in [0.05, 0.1) is 37.8 Å². The van der Waals surface area contributed by atoms with E-state index in [1.807, 2.05) is 4.90 Å². The van der Waals surface area contributed by atoms with Crippen molar-refractivity contribution in [2.45, 2.75) is 91.6 Å². The zero-order valence-electron chi connectivity index (χ0n) is 37.1. The predicted octanol–water partition coefficient (Wildman–Crippen LogP) is -1.86. The van der Waals surface area contributed by atoms with Crippen LogP contribution in [0.25, 0.3) is 0 Å². The van der Waals surface area contributed by atoms with Crippen LogP contribution in [0.2, 0.25) is 0 Å². The second-order valence-corrected chi connectivity index (χ2v) is 20.9. The van der Waals surface area contributed by atoms with Crippen LogP contribution >= 0.6 is 0 Å². The SMILES string of the molecule is CC(C)(C)OC(=O)CN1CCN(CC(=O)N[C@@H](CS(=O)(=O)O)C(=O)C[C@@H](CS(=O)(=O)O)C(=O)NCCN)CCN(CC(=O)OC(C)(C)C)CCN(CC(=O)OC(C)(C)C)CC1. The zero-order valence-corrected chi connectivity index (χ0v) is 38.7.